The van der Waals surface area contributed by atoms with Crippen molar-refractivity contribution in [1.82, 2.24) is 0 Å². The van der Waals surface area contributed by atoms with Gasteiger partial charge >= 0.3 is 0 Å². The molecular formula is C4H10O2S. The van der Waals surface area contributed by atoms with Crippen LogP contribution in [-0.2, 0) is 8.98 Å². The van der Waals surface area contributed by atoms with Crippen molar-refractivity contribution in [3.8, 4) is 0 Å². The van der Waals surface area contributed by atoms with Crippen molar-refractivity contribution in [3.63, 3.8) is 0 Å². The van der Waals surface area contributed by atoms with Crippen LogP contribution < -0.4 is 0 Å². The molecule has 0 bridgehead atoms. The molecule has 0 aliphatic rings. The van der Waals surface area contributed by atoms with Gasteiger partial charge in [0.1, 0.15) is 0 Å². The fraction of sp³-hybridized carbons (Fsp3) is 0.750. The number of carbonyl (C=O) groups excluding carboxylic acids is 1. The molecule has 0 aromatic carbocycles. The average Bonchev–Trinajstić information content (AvgIpc) is 1.68. The molecule has 0 spiro atoms. The minimum Gasteiger partial charge on any atom is -0.333 e. The molecule has 0 saturated carbocycles. The standard InChI is InChI=1S/C4H10O2S/c1-3-6-7(2)4-5/h4,7H,3H2,1-2H3. The van der Waals surface area contributed by atoms with Gasteiger partial charge in [-0.3, -0.25) is 4.79 Å². The van der Waals surface area contributed by atoms with Gasteiger partial charge in [-0.05, 0) is 13.2 Å². The van der Waals surface area contributed by atoms with Gasteiger partial charge in [0.05, 0.1) is 6.61 Å². The summed E-state index contributed by atoms with van der Waals surface area (Å²) in [5.41, 5.74) is 0.846. The third-order valence-corrected chi connectivity index (χ3v) is 1.44. The van der Waals surface area contributed by atoms with Crippen LogP contribution >= 0.6 is 11.2 Å². The zero-order chi connectivity index (χ0) is 5.70. The van der Waals surface area contributed by atoms with Crippen LogP contribution in [0.3, 0.4) is 0 Å². The summed E-state index contributed by atoms with van der Waals surface area (Å²) < 4.78 is 4.89. The van der Waals surface area contributed by atoms with Crippen LogP contribution in [0.4, 0.5) is 0 Å². The highest BCUT2D eigenvalue weighted by atomic mass is 32.2. The number of thiol groups is 1. The Morgan fingerprint density at radius 3 is 2.57 bits per heavy atom. The fourth-order valence-electron chi connectivity index (χ4n) is 0.234. The van der Waals surface area contributed by atoms with E-state index >= 15 is 0 Å². The van der Waals surface area contributed by atoms with Crippen LogP contribution in [0.2, 0.25) is 0 Å². The Morgan fingerprint density at radius 2 is 2.43 bits per heavy atom. The highest BCUT2D eigenvalue weighted by Gasteiger charge is 1.86. The number of carbonyl (C=O) groups is 1. The summed E-state index contributed by atoms with van der Waals surface area (Å²) in [4.78, 5) is 9.80. The molecule has 1 unspecified atom stereocenters. The summed E-state index contributed by atoms with van der Waals surface area (Å²) >= 11 is -0.759. The van der Waals surface area contributed by atoms with Gasteiger partial charge in [0.25, 0.3) is 0 Å². The van der Waals surface area contributed by atoms with Gasteiger partial charge in [-0.15, -0.1) is 0 Å². The Bertz CT molecular complexity index is 55.7. The molecule has 0 radical (unpaired) electrons. The first-order chi connectivity index (χ1) is 3.31. The van der Waals surface area contributed by atoms with Crippen LogP contribution in [0.5, 0.6) is 0 Å². The smallest absolute Gasteiger partial charge is 0.178 e. The molecule has 0 aromatic rings. The van der Waals surface area contributed by atoms with Gasteiger partial charge in [0, 0.05) is 0 Å². The van der Waals surface area contributed by atoms with Gasteiger partial charge in [0.2, 0.25) is 0 Å². The van der Waals surface area contributed by atoms with Crippen LogP contribution in [0.1, 0.15) is 6.92 Å². The van der Waals surface area contributed by atoms with Gasteiger partial charge in [-0.25, -0.2) is 0 Å². The lowest BCUT2D eigenvalue weighted by Gasteiger charge is -2.04. The Hall–Kier alpha value is -0.0200. The SMILES string of the molecule is CCO[SH](C)C=O. The molecule has 0 N–H and O–H groups in total. The van der Waals surface area contributed by atoms with Crippen molar-refractivity contribution in [1.29, 1.82) is 0 Å². The van der Waals surface area contributed by atoms with Gasteiger partial charge in [-0.2, -0.15) is 0 Å². The van der Waals surface area contributed by atoms with E-state index in [1.165, 1.54) is 0 Å². The lowest BCUT2D eigenvalue weighted by molar-refractivity contribution is 0.398. The predicted molar refractivity (Wildman–Crippen MR) is 33.3 cm³/mol. The molecule has 44 valence electrons. The second-order valence-electron chi connectivity index (χ2n) is 1.07. The van der Waals surface area contributed by atoms with Crippen molar-refractivity contribution in [3.05, 3.63) is 0 Å². The van der Waals surface area contributed by atoms with Crippen LogP contribution in [0.15, 0.2) is 0 Å². The van der Waals surface area contributed by atoms with E-state index in [1.54, 1.807) is 6.26 Å². The van der Waals surface area contributed by atoms with E-state index in [-0.39, 0.29) is 0 Å². The van der Waals surface area contributed by atoms with E-state index in [0.717, 1.165) is 5.62 Å². The van der Waals surface area contributed by atoms with E-state index in [1.807, 2.05) is 6.92 Å². The molecule has 0 aliphatic heterocycles. The van der Waals surface area contributed by atoms with Crippen molar-refractivity contribution in [2.24, 2.45) is 0 Å². The minimum atomic E-state index is -0.759. The lowest BCUT2D eigenvalue weighted by atomic mass is 10.9. The van der Waals surface area contributed by atoms with Crippen molar-refractivity contribution in [2.45, 2.75) is 6.92 Å². The Morgan fingerprint density at radius 1 is 1.86 bits per heavy atom. The third-order valence-electron chi connectivity index (χ3n) is 0.481. The molecule has 3 heteroatoms. The summed E-state index contributed by atoms with van der Waals surface area (Å²) in [6, 6.07) is 0. The number of hydrogen-bond acceptors (Lipinski definition) is 2. The van der Waals surface area contributed by atoms with Gasteiger partial charge in [0.15, 0.2) is 5.62 Å². The zero-order valence-corrected chi connectivity index (χ0v) is 5.44. The largest absolute Gasteiger partial charge is 0.333 e. The number of rotatable bonds is 3. The minimum absolute atomic E-state index is 0.640. The molecule has 1 atom stereocenters. The van der Waals surface area contributed by atoms with Gasteiger partial charge in [-0.1, -0.05) is 11.2 Å². The highest BCUT2D eigenvalue weighted by molar-refractivity contribution is 8.23. The Kier molecular flexibility index (Phi) is 4.14. The molecule has 0 fully saturated rings. The predicted octanol–water partition coefficient (Wildman–Crippen LogP) is 0.759. The lowest BCUT2D eigenvalue weighted by Crippen LogP contribution is -1.85. The van der Waals surface area contributed by atoms with E-state index in [4.69, 9.17) is 4.18 Å². The number of hydrogen-bond donors (Lipinski definition) is 1. The van der Waals surface area contributed by atoms with Crippen LogP contribution in [0.25, 0.3) is 0 Å². The second kappa shape index (κ2) is 4.15. The van der Waals surface area contributed by atoms with E-state index in [0.29, 0.717) is 6.61 Å². The first kappa shape index (κ1) is 6.98. The van der Waals surface area contributed by atoms with E-state index in [2.05, 4.69) is 0 Å². The fourth-order valence-corrected chi connectivity index (χ4v) is 0.702. The normalized spacial score (nSPS) is 16.0. The maximum absolute atomic E-state index is 9.80. The maximum Gasteiger partial charge on any atom is 0.178 e. The topological polar surface area (TPSA) is 26.3 Å². The Balaban J connectivity index is 2.98. The summed E-state index contributed by atoms with van der Waals surface area (Å²) in [5, 5.41) is 0. The zero-order valence-electron chi connectivity index (χ0n) is 4.55. The third kappa shape index (κ3) is 3.82. The average molecular weight is 122 g/mol. The first-order valence-corrected chi connectivity index (χ1v) is 3.90. The summed E-state index contributed by atoms with van der Waals surface area (Å²) in [6.07, 6.45) is 1.78. The highest BCUT2D eigenvalue weighted by Crippen LogP contribution is 2.14. The molecule has 0 aromatic heterocycles. The molecule has 0 heterocycles. The van der Waals surface area contributed by atoms with E-state index < -0.39 is 11.2 Å². The Labute approximate surface area is 46.4 Å². The summed E-state index contributed by atoms with van der Waals surface area (Å²) in [6.45, 7) is 2.52. The summed E-state index contributed by atoms with van der Waals surface area (Å²) in [5.74, 6) is 0. The maximum atomic E-state index is 9.80. The first-order valence-electron chi connectivity index (χ1n) is 2.12. The molecule has 0 saturated heterocycles. The van der Waals surface area contributed by atoms with Crippen molar-refractivity contribution in [2.75, 3.05) is 12.9 Å². The molecule has 0 amide bonds. The molecular weight excluding hydrogens is 112 g/mol. The van der Waals surface area contributed by atoms with Crippen molar-refractivity contribution < 1.29 is 8.98 Å². The van der Waals surface area contributed by atoms with Gasteiger partial charge < -0.3 is 4.18 Å². The monoisotopic (exact) mass is 122 g/mol. The molecule has 0 rings (SSSR count). The van der Waals surface area contributed by atoms with Crippen molar-refractivity contribution >= 4 is 16.8 Å². The van der Waals surface area contributed by atoms with Crippen LogP contribution in [0, 0.1) is 0 Å². The quantitative estimate of drug-likeness (QED) is 0.442. The second-order valence-corrected chi connectivity index (χ2v) is 2.63. The molecule has 7 heavy (non-hydrogen) atoms. The van der Waals surface area contributed by atoms with Crippen LogP contribution in [-0.4, -0.2) is 18.5 Å². The molecule has 2 nitrogen and oxygen atoms in total. The summed E-state index contributed by atoms with van der Waals surface area (Å²) in [7, 11) is 0. The molecule has 0 aliphatic carbocycles. The van der Waals surface area contributed by atoms with E-state index in [9.17, 15) is 4.79 Å².